The van der Waals surface area contributed by atoms with Gasteiger partial charge in [0.15, 0.2) is 16.0 Å². The van der Waals surface area contributed by atoms with Gasteiger partial charge in [-0.2, -0.15) is 5.26 Å². The number of fused-ring (bicyclic) bond motifs is 2. The number of piperidine rings is 1. The lowest BCUT2D eigenvalue weighted by atomic mass is 9.89. The molecule has 0 saturated carbocycles. The molecule has 1 aliphatic heterocycles. The molecular formula is C21H21N3O2S. The molecule has 0 N–H and O–H groups in total. The summed E-state index contributed by atoms with van der Waals surface area (Å²) in [6.07, 6.45) is 8.58. The lowest BCUT2D eigenvalue weighted by molar-refractivity contribution is 0.365. The zero-order valence-electron chi connectivity index (χ0n) is 15.3. The van der Waals surface area contributed by atoms with Crippen molar-refractivity contribution in [2.45, 2.75) is 30.6 Å². The van der Waals surface area contributed by atoms with E-state index in [9.17, 15) is 8.42 Å². The summed E-state index contributed by atoms with van der Waals surface area (Å²) in [5.74, 6) is 0. The highest BCUT2D eigenvalue weighted by Gasteiger charge is 2.25. The summed E-state index contributed by atoms with van der Waals surface area (Å²) in [6.45, 7) is 1.43. The van der Waals surface area contributed by atoms with Crippen molar-refractivity contribution in [3.63, 3.8) is 0 Å². The van der Waals surface area contributed by atoms with Crippen molar-refractivity contribution in [3.8, 4) is 6.19 Å². The van der Waals surface area contributed by atoms with E-state index in [4.69, 9.17) is 10.2 Å². The minimum absolute atomic E-state index is 0.365. The number of benzene rings is 1. The fourth-order valence-corrected chi connectivity index (χ4v) is 4.67. The Labute approximate surface area is 159 Å². The van der Waals surface area contributed by atoms with Crippen LogP contribution >= 0.6 is 0 Å². The summed E-state index contributed by atoms with van der Waals surface area (Å²) in [6, 6.07) is 9.52. The molecule has 1 fully saturated rings. The molecule has 27 heavy (non-hydrogen) atoms. The van der Waals surface area contributed by atoms with E-state index < -0.39 is 9.84 Å². The highest BCUT2D eigenvalue weighted by Crippen LogP contribution is 2.38. The molecule has 2 aliphatic rings. The second-order valence-electron chi connectivity index (χ2n) is 7.17. The third kappa shape index (κ3) is 3.35. The van der Waals surface area contributed by atoms with Crippen LogP contribution in [0.1, 0.15) is 35.2 Å². The Kier molecular flexibility index (Phi) is 4.48. The highest BCUT2D eigenvalue weighted by molar-refractivity contribution is 7.90. The van der Waals surface area contributed by atoms with Gasteiger partial charge in [-0.25, -0.2) is 8.42 Å². The van der Waals surface area contributed by atoms with Gasteiger partial charge < -0.3 is 4.90 Å². The lowest BCUT2D eigenvalue weighted by Gasteiger charge is -2.26. The SMILES string of the molecule is CS(=O)(=O)c1ccc2c(c1)CCc1cccnc1C2=C1CCN(C#N)CC1. The molecule has 1 aromatic heterocycles. The molecule has 1 saturated heterocycles. The molecule has 2 aromatic rings. The van der Waals surface area contributed by atoms with Gasteiger partial charge in [-0.1, -0.05) is 17.7 Å². The number of nitriles is 1. The minimum atomic E-state index is -3.24. The number of pyridine rings is 1. The summed E-state index contributed by atoms with van der Waals surface area (Å²) < 4.78 is 24.0. The van der Waals surface area contributed by atoms with Crippen molar-refractivity contribution < 1.29 is 8.42 Å². The van der Waals surface area contributed by atoms with Crippen LogP contribution in [-0.4, -0.2) is 37.6 Å². The summed E-state index contributed by atoms with van der Waals surface area (Å²) >= 11 is 0. The number of sulfone groups is 1. The molecule has 4 rings (SSSR count). The van der Waals surface area contributed by atoms with Crippen LogP contribution in [0.5, 0.6) is 0 Å². The van der Waals surface area contributed by atoms with E-state index in [-0.39, 0.29) is 0 Å². The molecule has 5 nitrogen and oxygen atoms in total. The predicted molar refractivity (Wildman–Crippen MR) is 104 cm³/mol. The van der Waals surface area contributed by atoms with Crippen LogP contribution in [0.15, 0.2) is 47.0 Å². The van der Waals surface area contributed by atoms with Crippen molar-refractivity contribution in [1.82, 2.24) is 9.88 Å². The third-order valence-corrected chi connectivity index (χ3v) is 6.54. The van der Waals surface area contributed by atoms with Crippen LogP contribution in [-0.2, 0) is 22.7 Å². The summed E-state index contributed by atoms with van der Waals surface area (Å²) in [5, 5.41) is 9.15. The molecule has 0 bridgehead atoms. The number of aromatic nitrogens is 1. The average molecular weight is 379 g/mol. The first-order chi connectivity index (χ1) is 13.0. The number of hydrogen-bond donors (Lipinski definition) is 0. The van der Waals surface area contributed by atoms with Gasteiger partial charge in [0.05, 0.1) is 10.6 Å². The number of aryl methyl sites for hydroxylation is 2. The minimum Gasteiger partial charge on any atom is -0.310 e. The van der Waals surface area contributed by atoms with Crippen LogP contribution < -0.4 is 0 Å². The van der Waals surface area contributed by atoms with E-state index in [1.807, 2.05) is 24.4 Å². The molecule has 6 heteroatoms. The van der Waals surface area contributed by atoms with E-state index >= 15 is 0 Å². The lowest BCUT2D eigenvalue weighted by Crippen LogP contribution is -2.26. The monoisotopic (exact) mass is 379 g/mol. The molecule has 0 unspecified atom stereocenters. The zero-order valence-corrected chi connectivity index (χ0v) is 16.1. The van der Waals surface area contributed by atoms with E-state index in [2.05, 4.69) is 12.3 Å². The van der Waals surface area contributed by atoms with Gasteiger partial charge in [0.25, 0.3) is 0 Å². The van der Waals surface area contributed by atoms with E-state index in [0.29, 0.717) is 18.0 Å². The van der Waals surface area contributed by atoms with Crippen LogP contribution in [0.3, 0.4) is 0 Å². The van der Waals surface area contributed by atoms with E-state index in [1.54, 1.807) is 11.0 Å². The topological polar surface area (TPSA) is 74.1 Å². The van der Waals surface area contributed by atoms with Crippen molar-refractivity contribution in [3.05, 3.63) is 64.5 Å². The van der Waals surface area contributed by atoms with Crippen LogP contribution in [0.4, 0.5) is 0 Å². The molecule has 138 valence electrons. The second kappa shape index (κ2) is 6.82. The molecule has 1 aliphatic carbocycles. The normalized spacial score (nSPS) is 17.0. The molecular weight excluding hydrogens is 358 g/mol. The molecule has 0 spiro atoms. The Morgan fingerprint density at radius 3 is 2.52 bits per heavy atom. The van der Waals surface area contributed by atoms with Crippen molar-refractivity contribution in [2.75, 3.05) is 19.3 Å². The maximum absolute atomic E-state index is 12.0. The number of rotatable bonds is 1. The summed E-state index contributed by atoms with van der Waals surface area (Å²) in [7, 11) is -3.24. The standard InChI is InChI=1S/C21H21N3O2S/c1-27(25,26)18-6-7-19-17(13-18)5-4-16-3-2-10-23-21(16)20(19)15-8-11-24(14-22)12-9-15/h2-3,6-7,10,13H,4-5,8-9,11-12H2,1H3. The largest absolute Gasteiger partial charge is 0.310 e. The second-order valence-corrected chi connectivity index (χ2v) is 9.18. The Morgan fingerprint density at radius 2 is 1.81 bits per heavy atom. The van der Waals surface area contributed by atoms with Gasteiger partial charge in [-0.05, 0) is 60.6 Å². The molecule has 0 radical (unpaired) electrons. The maximum atomic E-state index is 12.0. The molecule has 0 atom stereocenters. The predicted octanol–water partition coefficient (Wildman–Crippen LogP) is 2.96. The Balaban J connectivity index is 1.91. The Morgan fingerprint density at radius 1 is 1.07 bits per heavy atom. The fraction of sp³-hybridized carbons (Fsp3) is 0.333. The average Bonchev–Trinajstić information content (AvgIpc) is 2.84. The molecule has 1 aromatic carbocycles. The van der Waals surface area contributed by atoms with Crippen LogP contribution in [0.25, 0.3) is 5.57 Å². The van der Waals surface area contributed by atoms with Gasteiger partial charge in [0.2, 0.25) is 0 Å². The molecule has 0 amide bonds. The van der Waals surface area contributed by atoms with Gasteiger partial charge in [-0.15, -0.1) is 0 Å². The van der Waals surface area contributed by atoms with Gasteiger partial charge in [0, 0.05) is 31.1 Å². The number of nitrogens with zero attached hydrogens (tertiary/aromatic N) is 3. The van der Waals surface area contributed by atoms with Gasteiger partial charge in [-0.3, -0.25) is 4.98 Å². The maximum Gasteiger partial charge on any atom is 0.179 e. The van der Waals surface area contributed by atoms with Crippen molar-refractivity contribution >= 4 is 15.4 Å². The fourth-order valence-electron chi connectivity index (χ4n) is 4.00. The first kappa shape index (κ1) is 17.7. The number of hydrogen-bond acceptors (Lipinski definition) is 5. The van der Waals surface area contributed by atoms with Gasteiger partial charge in [0.1, 0.15) is 0 Å². The third-order valence-electron chi connectivity index (χ3n) is 5.43. The first-order valence-electron chi connectivity index (χ1n) is 9.11. The smallest absolute Gasteiger partial charge is 0.179 e. The van der Waals surface area contributed by atoms with Gasteiger partial charge >= 0.3 is 0 Å². The van der Waals surface area contributed by atoms with Crippen LogP contribution in [0.2, 0.25) is 0 Å². The molecule has 2 heterocycles. The first-order valence-corrected chi connectivity index (χ1v) is 11.0. The van der Waals surface area contributed by atoms with Crippen LogP contribution in [0, 0.1) is 11.5 Å². The highest BCUT2D eigenvalue weighted by atomic mass is 32.2. The van der Waals surface area contributed by atoms with E-state index in [1.165, 1.54) is 17.4 Å². The zero-order chi connectivity index (χ0) is 19.0. The summed E-state index contributed by atoms with van der Waals surface area (Å²) in [4.78, 5) is 6.84. The van der Waals surface area contributed by atoms with E-state index in [0.717, 1.165) is 48.1 Å². The quantitative estimate of drug-likeness (QED) is 0.712. The Bertz CT molecular complexity index is 1070. The summed E-state index contributed by atoms with van der Waals surface area (Å²) in [5.41, 5.74) is 6.78. The Hall–Kier alpha value is -2.65. The number of likely N-dealkylation sites (tertiary alicyclic amines) is 1. The van der Waals surface area contributed by atoms with Crippen molar-refractivity contribution in [1.29, 1.82) is 5.26 Å². The van der Waals surface area contributed by atoms with Crippen molar-refractivity contribution in [2.24, 2.45) is 0 Å².